The van der Waals surface area contributed by atoms with Gasteiger partial charge in [0.25, 0.3) is 0 Å². The molecule has 3 rings (SSSR count). The second kappa shape index (κ2) is 5.15. The number of nitrogens with one attached hydrogen (secondary N) is 1. The van der Waals surface area contributed by atoms with Crippen LogP contribution >= 0.6 is 0 Å². The van der Waals surface area contributed by atoms with E-state index in [0.717, 1.165) is 11.8 Å². The molecule has 2 aliphatic carbocycles. The van der Waals surface area contributed by atoms with Gasteiger partial charge in [-0.15, -0.1) is 0 Å². The zero-order valence-electron chi connectivity index (χ0n) is 12.1. The largest absolute Gasteiger partial charge is 0.272 e. The quantitative estimate of drug-likeness (QED) is 0.904. The van der Waals surface area contributed by atoms with E-state index in [1.165, 1.54) is 31.9 Å². The Bertz CT molecular complexity index is 581. The normalized spacial score (nSPS) is 30.8. The molecule has 0 saturated heterocycles. The topological polar surface area (TPSA) is 64.0 Å². The van der Waals surface area contributed by atoms with E-state index in [2.05, 4.69) is 9.82 Å². The molecule has 2 fully saturated rings. The summed E-state index contributed by atoms with van der Waals surface area (Å²) >= 11 is 0. The summed E-state index contributed by atoms with van der Waals surface area (Å²) in [4.78, 5) is 0.273. The van der Waals surface area contributed by atoms with Gasteiger partial charge in [-0.1, -0.05) is 6.42 Å². The van der Waals surface area contributed by atoms with Crippen LogP contribution < -0.4 is 4.72 Å². The fraction of sp³-hybridized carbons (Fsp3) is 0.786. The monoisotopic (exact) mass is 297 g/mol. The highest BCUT2D eigenvalue weighted by Gasteiger charge is 2.42. The minimum Gasteiger partial charge on any atom is -0.272 e. The lowest BCUT2D eigenvalue weighted by atomic mass is 9.84. The van der Waals surface area contributed by atoms with Gasteiger partial charge in [0.1, 0.15) is 4.90 Å². The Hall–Kier alpha value is -0.880. The molecule has 112 valence electrons. The van der Waals surface area contributed by atoms with Gasteiger partial charge in [-0.3, -0.25) is 4.68 Å². The predicted molar refractivity (Wildman–Crippen MR) is 76.6 cm³/mol. The first-order valence-corrected chi connectivity index (χ1v) is 9.02. The van der Waals surface area contributed by atoms with Crippen LogP contribution in [0.5, 0.6) is 0 Å². The molecular formula is C14H23N3O2S. The molecule has 2 saturated carbocycles. The van der Waals surface area contributed by atoms with Crippen LogP contribution in [-0.4, -0.2) is 24.2 Å². The molecule has 1 aromatic heterocycles. The molecule has 0 radical (unpaired) electrons. The smallest absolute Gasteiger partial charge is 0.243 e. The lowest BCUT2D eigenvalue weighted by Crippen LogP contribution is -2.39. The van der Waals surface area contributed by atoms with E-state index < -0.39 is 10.0 Å². The number of nitrogens with zero attached hydrogens (tertiary/aromatic N) is 2. The van der Waals surface area contributed by atoms with Crippen LogP contribution in [0.3, 0.4) is 0 Å². The van der Waals surface area contributed by atoms with Gasteiger partial charge >= 0.3 is 0 Å². The van der Waals surface area contributed by atoms with E-state index in [0.29, 0.717) is 12.5 Å². The molecule has 1 aromatic rings. The van der Waals surface area contributed by atoms with Gasteiger partial charge < -0.3 is 0 Å². The number of aromatic nitrogens is 2. The van der Waals surface area contributed by atoms with E-state index >= 15 is 0 Å². The molecule has 5 nitrogen and oxygen atoms in total. The molecule has 2 aliphatic rings. The van der Waals surface area contributed by atoms with Gasteiger partial charge in [-0.05, 0) is 50.9 Å². The maximum atomic E-state index is 12.4. The summed E-state index contributed by atoms with van der Waals surface area (Å²) in [6, 6.07) is 0.0141. The fourth-order valence-electron chi connectivity index (χ4n) is 3.96. The molecule has 6 heteroatoms. The maximum Gasteiger partial charge on any atom is 0.243 e. The summed E-state index contributed by atoms with van der Waals surface area (Å²) in [6.07, 6.45) is 8.11. The molecule has 0 unspecified atom stereocenters. The molecule has 4 atom stereocenters. The number of hydrogen-bond donors (Lipinski definition) is 1. The SMILES string of the molecule is CCn1cc(S(=O)(=O)N[C@H](C)[C@@H]2C[C@@H]3CC[C@@H]2C3)cn1. The van der Waals surface area contributed by atoms with E-state index in [1.54, 1.807) is 10.9 Å². The highest BCUT2D eigenvalue weighted by Crippen LogP contribution is 2.49. The Morgan fingerprint density at radius 1 is 1.45 bits per heavy atom. The van der Waals surface area contributed by atoms with Crippen LogP contribution in [0.2, 0.25) is 0 Å². The van der Waals surface area contributed by atoms with Gasteiger partial charge in [-0.25, -0.2) is 13.1 Å². The van der Waals surface area contributed by atoms with Crippen LogP contribution in [0, 0.1) is 17.8 Å². The third-order valence-electron chi connectivity index (χ3n) is 5.02. The molecular weight excluding hydrogens is 274 g/mol. The number of aryl methyl sites for hydroxylation is 1. The summed E-state index contributed by atoms with van der Waals surface area (Å²) in [7, 11) is -3.44. The zero-order chi connectivity index (χ0) is 14.3. The van der Waals surface area contributed by atoms with Crippen molar-refractivity contribution in [2.75, 3.05) is 0 Å². The lowest BCUT2D eigenvalue weighted by molar-refractivity contribution is 0.280. The van der Waals surface area contributed by atoms with Gasteiger partial charge in [0, 0.05) is 18.8 Å². The Morgan fingerprint density at radius 2 is 2.25 bits per heavy atom. The Kier molecular flexibility index (Phi) is 3.62. The van der Waals surface area contributed by atoms with Gasteiger partial charge in [0.2, 0.25) is 10.0 Å². The average molecular weight is 297 g/mol. The zero-order valence-corrected chi connectivity index (χ0v) is 12.9. The van der Waals surface area contributed by atoms with Crippen molar-refractivity contribution in [2.24, 2.45) is 17.8 Å². The third-order valence-corrected chi connectivity index (χ3v) is 6.53. The summed E-state index contributed by atoms with van der Waals surface area (Å²) < 4.78 is 29.2. The van der Waals surface area contributed by atoms with E-state index in [1.807, 2.05) is 13.8 Å². The number of hydrogen-bond acceptors (Lipinski definition) is 3. The summed E-state index contributed by atoms with van der Waals surface area (Å²) in [5.74, 6) is 2.06. The predicted octanol–water partition coefficient (Wildman–Crippen LogP) is 2.01. The van der Waals surface area contributed by atoms with Crippen molar-refractivity contribution < 1.29 is 8.42 Å². The minimum absolute atomic E-state index is 0.0141. The fourth-order valence-corrected chi connectivity index (χ4v) is 5.21. The van der Waals surface area contributed by atoms with Crippen molar-refractivity contribution in [3.05, 3.63) is 12.4 Å². The first kappa shape index (κ1) is 14.1. The highest BCUT2D eigenvalue weighted by atomic mass is 32.2. The second-order valence-electron chi connectivity index (χ2n) is 6.28. The summed E-state index contributed by atoms with van der Waals surface area (Å²) in [6.45, 7) is 4.62. The van der Waals surface area contributed by atoms with Gasteiger partial charge in [0.05, 0.1) is 6.20 Å². The van der Waals surface area contributed by atoms with Crippen LogP contribution in [0.15, 0.2) is 17.3 Å². The molecule has 0 aliphatic heterocycles. The Morgan fingerprint density at radius 3 is 2.80 bits per heavy atom. The molecule has 0 spiro atoms. The number of sulfonamides is 1. The van der Waals surface area contributed by atoms with Crippen LogP contribution in [0.1, 0.15) is 39.5 Å². The summed E-state index contributed by atoms with van der Waals surface area (Å²) in [5.41, 5.74) is 0. The minimum atomic E-state index is -3.44. The second-order valence-corrected chi connectivity index (χ2v) is 7.99. The molecule has 1 heterocycles. The van der Waals surface area contributed by atoms with Crippen LogP contribution in [-0.2, 0) is 16.6 Å². The average Bonchev–Trinajstić information content (AvgIpc) is 3.13. The molecule has 0 amide bonds. The first-order chi connectivity index (χ1) is 9.49. The van der Waals surface area contributed by atoms with E-state index in [9.17, 15) is 8.42 Å². The molecule has 1 N–H and O–H groups in total. The number of fused-ring (bicyclic) bond motifs is 2. The van der Waals surface area contributed by atoms with Crippen molar-refractivity contribution in [3.63, 3.8) is 0 Å². The van der Waals surface area contributed by atoms with Crippen molar-refractivity contribution >= 4 is 10.0 Å². The molecule has 0 aromatic carbocycles. The highest BCUT2D eigenvalue weighted by molar-refractivity contribution is 7.89. The number of rotatable bonds is 5. The van der Waals surface area contributed by atoms with E-state index in [-0.39, 0.29) is 10.9 Å². The standard InChI is InChI=1S/C14H23N3O2S/c1-3-17-9-13(8-15-17)20(18,19)16-10(2)14-7-11-4-5-12(14)6-11/h8-12,14,16H,3-7H2,1-2H3/t10-,11-,12-,14+/m1/s1. The van der Waals surface area contributed by atoms with Gasteiger partial charge in [-0.2, -0.15) is 5.10 Å². The summed E-state index contributed by atoms with van der Waals surface area (Å²) in [5, 5.41) is 4.04. The van der Waals surface area contributed by atoms with Crippen molar-refractivity contribution in [1.82, 2.24) is 14.5 Å². The first-order valence-electron chi connectivity index (χ1n) is 7.54. The lowest BCUT2D eigenvalue weighted by Gasteiger charge is -2.28. The van der Waals surface area contributed by atoms with Crippen LogP contribution in [0.4, 0.5) is 0 Å². The van der Waals surface area contributed by atoms with Crippen LogP contribution in [0.25, 0.3) is 0 Å². The van der Waals surface area contributed by atoms with Gasteiger partial charge in [0.15, 0.2) is 0 Å². The Balaban J connectivity index is 1.69. The molecule has 20 heavy (non-hydrogen) atoms. The maximum absolute atomic E-state index is 12.4. The Labute approximate surface area is 120 Å². The van der Waals surface area contributed by atoms with Crippen molar-refractivity contribution in [3.8, 4) is 0 Å². The third kappa shape index (κ3) is 2.51. The van der Waals surface area contributed by atoms with Crippen molar-refractivity contribution in [1.29, 1.82) is 0 Å². The van der Waals surface area contributed by atoms with E-state index in [4.69, 9.17) is 0 Å². The molecule has 2 bridgehead atoms. The van der Waals surface area contributed by atoms with Crippen molar-refractivity contribution in [2.45, 2.75) is 57.0 Å².